The molecular weight excluding hydrogens is 194 g/mol. The van der Waals surface area contributed by atoms with E-state index in [4.69, 9.17) is 15.4 Å². The van der Waals surface area contributed by atoms with Crippen LogP contribution in [-0.2, 0) is 11.3 Å². The maximum Gasteiger partial charge on any atom is 0.163 e. The molecule has 0 unspecified atom stereocenters. The van der Waals surface area contributed by atoms with Crippen LogP contribution in [0.5, 0.6) is 11.5 Å². The molecule has 84 valence electrons. The number of nitrogens with two attached hydrogens (primary N) is 1. The van der Waals surface area contributed by atoms with Crippen molar-refractivity contribution in [3.8, 4) is 11.5 Å². The van der Waals surface area contributed by atoms with E-state index in [1.54, 1.807) is 14.2 Å². The minimum Gasteiger partial charge on any atom is -0.493 e. The van der Waals surface area contributed by atoms with Crippen molar-refractivity contribution >= 4 is 0 Å². The fourth-order valence-corrected chi connectivity index (χ4v) is 1.55. The molecule has 0 amide bonds. The van der Waals surface area contributed by atoms with Crippen LogP contribution in [-0.4, -0.2) is 20.8 Å². The molecule has 0 aliphatic heterocycles. The summed E-state index contributed by atoms with van der Waals surface area (Å²) in [6, 6.07) is 3.98. The average molecular weight is 211 g/mol. The van der Waals surface area contributed by atoms with Gasteiger partial charge in [-0.3, -0.25) is 0 Å². The Morgan fingerprint density at radius 2 is 1.93 bits per heavy atom. The van der Waals surface area contributed by atoms with E-state index in [-0.39, 0.29) is 0 Å². The Morgan fingerprint density at radius 1 is 1.20 bits per heavy atom. The summed E-state index contributed by atoms with van der Waals surface area (Å²) in [4.78, 5) is 4.56. The van der Waals surface area contributed by atoms with Gasteiger partial charge >= 0.3 is 0 Å². The van der Waals surface area contributed by atoms with Gasteiger partial charge in [-0.15, -0.1) is 0 Å². The van der Waals surface area contributed by atoms with Gasteiger partial charge in [-0.25, -0.2) is 5.90 Å². The minimum atomic E-state index is 0.461. The summed E-state index contributed by atoms with van der Waals surface area (Å²) in [5, 5.41) is 0. The zero-order valence-electron chi connectivity index (χ0n) is 9.37. The number of hydrogen-bond donors (Lipinski definition) is 1. The molecule has 0 saturated heterocycles. The number of methoxy groups -OCH3 is 2. The Kier molecular flexibility index (Phi) is 4.39. The zero-order chi connectivity index (χ0) is 11.3. The minimum absolute atomic E-state index is 0.461. The highest BCUT2D eigenvalue weighted by molar-refractivity contribution is 5.49. The van der Waals surface area contributed by atoms with E-state index in [0.717, 1.165) is 22.6 Å². The second-order valence-corrected chi connectivity index (χ2v) is 3.28. The Labute approximate surface area is 89.9 Å². The van der Waals surface area contributed by atoms with Gasteiger partial charge in [0, 0.05) is 12.0 Å². The maximum atomic E-state index is 5.30. The topological polar surface area (TPSA) is 53.7 Å². The van der Waals surface area contributed by atoms with E-state index in [1.165, 1.54) is 0 Å². The van der Waals surface area contributed by atoms with E-state index >= 15 is 0 Å². The first-order valence-electron chi connectivity index (χ1n) is 4.76. The summed E-state index contributed by atoms with van der Waals surface area (Å²) in [5.41, 5.74) is 2.17. The standard InChI is InChI=1S/C11H17NO3/c1-8-6-9(4-5-15-12)11(14-3)10(7-8)13-2/h6-7H,4-5,12H2,1-3H3. The predicted octanol–water partition coefficient (Wildman–Crippen LogP) is 1.45. The fourth-order valence-electron chi connectivity index (χ4n) is 1.55. The summed E-state index contributed by atoms with van der Waals surface area (Å²) >= 11 is 0. The molecule has 4 nitrogen and oxygen atoms in total. The third-order valence-corrected chi connectivity index (χ3v) is 2.19. The summed E-state index contributed by atoms with van der Waals surface area (Å²) in [5.74, 6) is 6.49. The molecule has 0 saturated carbocycles. The Balaban J connectivity index is 3.05. The van der Waals surface area contributed by atoms with Crippen molar-refractivity contribution in [1.29, 1.82) is 0 Å². The molecule has 0 aliphatic carbocycles. The summed E-state index contributed by atoms with van der Waals surface area (Å²) in [6.45, 7) is 2.47. The van der Waals surface area contributed by atoms with Gasteiger partial charge in [-0.1, -0.05) is 6.07 Å². The van der Waals surface area contributed by atoms with Gasteiger partial charge in [0.25, 0.3) is 0 Å². The number of hydrogen-bond acceptors (Lipinski definition) is 4. The van der Waals surface area contributed by atoms with Gasteiger partial charge in [0.2, 0.25) is 0 Å². The smallest absolute Gasteiger partial charge is 0.163 e. The van der Waals surface area contributed by atoms with Crippen molar-refractivity contribution in [2.75, 3.05) is 20.8 Å². The van der Waals surface area contributed by atoms with Gasteiger partial charge in [-0.05, 0) is 18.6 Å². The van der Waals surface area contributed by atoms with Crippen LogP contribution in [0.2, 0.25) is 0 Å². The number of aryl methyl sites for hydroxylation is 1. The van der Waals surface area contributed by atoms with Gasteiger partial charge in [0.05, 0.1) is 20.8 Å². The van der Waals surface area contributed by atoms with E-state index in [0.29, 0.717) is 13.0 Å². The molecule has 0 heterocycles. The third-order valence-electron chi connectivity index (χ3n) is 2.19. The molecule has 0 fully saturated rings. The number of benzene rings is 1. The largest absolute Gasteiger partial charge is 0.493 e. The second-order valence-electron chi connectivity index (χ2n) is 3.28. The third kappa shape index (κ3) is 2.84. The Morgan fingerprint density at radius 3 is 2.47 bits per heavy atom. The summed E-state index contributed by atoms with van der Waals surface area (Å²) < 4.78 is 10.5. The zero-order valence-corrected chi connectivity index (χ0v) is 9.37. The molecule has 1 aromatic carbocycles. The molecule has 0 spiro atoms. The monoisotopic (exact) mass is 211 g/mol. The molecule has 15 heavy (non-hydrogen) atoms. The van der Waals surface area contributed by atoms with E-state index in [9.17, 15) is 0 Å². The van der Waals surface area contributed by atoms with Gasteiger partial charge < -0.3 is 14.3 Å². The lowest BCUT2D eigenvalue weighted by atomic mass is 10.1. The number of ether oxygens (including phenoxy) is 2. The average Bonchev–Trinajstić information content (AvgIpc) is 2.25. The van der Waals surface area contributed by atoms with Crippen LogP contribution >= 0.6 is 0 Å². The van der Waals surface area contributed by atoms with Crippen LogP contribution in [0.4, 0.5) is 0 Å². The summed E-state index contributed by atoms with van der Waals surface area (Å²) in [7, 11) is 3.25. The highest BCUT2D eigenvalue weighted by Gasteiger charge is 2.10. The van der Waals surface area contributed by atoms with Crippen molar-refractivity contribution in [3.63, 3.8) is 0 Å². The van der Waals surface area contributed by atoms with Crippen molar-refractivity contribution < 1.29 is 14.3 Å². The molecule has 0 bridgehead atoms. The van der Waals surface area contributed by atoms with Crippen LogP contribution in [0.1, 0.15) is 11.1 Å². The summed E-state index contributed by atoms with van der Waals surface area (Å²) in [6.07, 6.45) is 0.706. The van der Waals surface area contributed by atoms with Gasteiger partial charge in [-0.2, -0.15) is 0 Å². The molecule has 4 heteroatoms. The van der Waals surface area contributed by atoms with E-state index < -0.39 is 0 Å². The van der Waals surface area contributed by atoms with Crippen LogP contribution < -0.4 is 15.4 Å². The molecule has 2 N–H and O–H groups in total. The highest BCUT2D eigenvalue weighted by Crippen LogP contribution is 2.32. The van der Waals surface area contributed by atoms with Crippen molar-refractivity contribution in [1.82, 2.24) is 0 Å². The van der Waals surface area contributed by atoms with Crippen molar-refractivity contribution in [2.24, 2.45) is 5.90 Å². The molecule has 0 radical (unpaired) electrons. The number of rotatable bonds is 5. The lowest BCUT2D eigenvalue weighted by Gasteiger charge is -2.13. The first kappa shape index (κ1) is 11.8. The molecular formula is C11H17NO3. The van der Waals surface area contributed by atoms with Crippen LogP contribution in [0.3, 0.4) is 0 Å². The Bertz CT molecular complexity index is 326. The van der Waals surface area contributed by atoms with Crippen molar-refractivity contribution in [2.45, 2.75) is 13.3 Å². The van der Waals surface area contributed by atoms with Crippen LogP contribution in [0, 0.1) is 6.92 Å². The quantitative estimate of drug-likeness (QED) is 0.749. The van der Waals surface area contributed by atoms with E-state index in [1.807, 2.05) is 19.1 Å². The molecule has 1 aromatic rings. The molecule has 1 rings (SSSR count). The molecule has 0 atom stereocenters. The fraction of sp³-hybridized carbons (Fsp3) is 0.455. The normalized spacial score (nSPS) is 10.1. The lowest BCUT2D eigenvalue weighted by molar-refractivity contribution is 0.140. The predicted molar refractivity (Wildman–Crippen MR) is 58.1 cm³/mol. The van der Waals surface area contributed by atoms with Crippen molar-refractivity contribution in [3.05, 3.63) is 23.3 Å². The molecule has 0 aliphatic rings. The SMILES string of the molecule is COc1cc(C)cc(CCON)c1OC. The van der Waals surface area contributed by atoms with Gasteiger partial charge in [0.15, 0.2) is 11.5 Å². The van der Waals surface area contributed by atoms with Crippen LogP contribution in [0.15, 0.2) is 12.1 Å². The Hall–Kier alpha value is -1.26. The van der Waals surface area contributed by atoms with Crippen LogP contribution in [0.25, 0.3) is 0 Å². The second kappa shape index (κ2) is 5.58. The highest BCUT2D eigenvalue weighted by atomic mass is 16.6. The maximum absolute atomic E-state index is 5.30. The first-order chi connectivity index (χ1) is 7.22. The van der Waals surface area contributed by atoms with Gasteiger partial charge in [0.1, 0.15) is 0 Å². The lowest BCUT2D eigenvalue weighted by Crippen LogP contribution is -2.05. The first-order valence-corrected chi connectivity index (χ1v) is 4.76. The molecule has 0 aromatic heterocycles. The van der Waals surface area contributed by atoms with E-state index in [2.05, 4.69) is 4.84 Å².